The smallest absolute Gasteiger partial charge is 0.308 e. The van der Waals surface area contributed by atoms with E-state index in [0.717, 1.165) is 45.2 Å². The predicted octanol–water partition coefficient (Wildman–Crippen LogP) is 4.02. The molecule has 20 heavy (non-hydrogen) atoms. The molecule has 1 aliphatic carbocycles. The van der Waals surface area contributed by atoms with Crippen molar-refractivity contribution in [2.24, 2.45) is 17.3 Å². The molecule has 0 spiro atoms. The maximum absolute atomic E-state index is 11.6. The second-order valence-corrected chi connectivity index (χ2v) is 7.42. The molecule has 0 amide bonds. The van der Waals surface area contributed by atoms with Gasteiger partial charge in [0.1, 0.15) is 0 Å². The first-order valence-electron chi connectivity index (χ1n) is 8.28. The maximum Gasteiger partial charge on any atom is 0.308 e. The third-order valence-electron chi connectivity index (χ3n) is 4.85. The van der Waals surface area contributed by atoms with Crippen LogP contribution in [0.4, 0.5) is 0 Å². The van der Waals surface area contributed by atoms with Gasteiger partial charge in [-0.1, -0.05) is 34.6 Å². The van der Waals surface area contributed by atoms with Crippen molar-refractivity contribution in [2.45, 2.75) is 72.8 Å². The summed E-state index contributed by atoms with van der Waals surface area (Å²) in [5.41, 5.74) is 0.284. The maximum atomic E-state index is 11.6. The van der Waals surface area contributed by atoms with Gasteiger partial charge in [0.25, 0.3) is 0 Å². The molecule has 3 heteroatoms. The highest BCUT2D eigenvalue weighted by molar-refractivity contribution is 5.71. The number of aliphatic carboxylic acids is 1. The fourth-order valence-corrected chi connectivity index (χ4v) is 3.64. The molecule has 1 aliphatic rings. The van der Waals surface area contributed by atoms with Gasteiger partial charge in [-0.3, -0.25) is 9.69 Å². The molecular weight excluding hydrogens is 250 g/mol. The average molecular weight is 283 g/mol. The van der Waals surface area contributed by atoms with Gasteiger partial charge in [0.15, 0.2) is 0 Å². The Hall–Kier alpha value is -0.570. The van der Waals surface area contributed by atoms with Gasteiger partial charge >= 0.3 is 5.97 Å². The molecule has 3 unspecified atom stereocenters. The van der Waals surface area contributed by atoms with Gasteiger partial charge in [0, 0.05) is 6.04 Å². The lowest BCUT2D eigenvalue weighted by atomic mass is 9.67. The lowest BCUT2D eigenvalue weighted by Crippen LogP contribution is -2.49. The highest BCUT2D eigenvalue weighted by atomic mass is 16.4. The quantitative estimate of drug-likeness (QED) is 0.800. The largest absolute Gasteiger partial charge is 0.481 e. The van der Waals surface area contributed by atoms with E-state index in [-0.39, 0.29) is 17.4 Å². The Balaban J connectivity index is 2.89. The lowest BCUT2D eigenvalue weighted by Gasteiger charge is -2.45. The van der Waals surface area contributed by atoms with Crippen molar-refractivity contribution in [3.8, 4) is 0 Å². The summed E-state index contributed by atoms with van der Waals surface area (Å²) in [5, 5.41) is 9.56. The van der Waals surface area contributed by atoms with Crippen molar-refractivity contribution >= 4 is 5.97 Å². The van der Waals surface area contributed by atoms with E-state index >= 15 is 0 Å². The summed E-state index contributed by atoms with van der Waals surface area (Å²) in [6, 6.07) is 0.227. The molecule has 1 rings (SSSR count). The van der Waals surface area contributed by atoms with E-state index in [9.17, 15) is 9.90 Å². The summed E-state index contributed by atoms with van der Waals surface area (Å²) in [4.78, 5) is 14.0. The molecule has 0 aromatic heterocycles. The molecule has 1 N–H and O–H groups in total. The van der Waals surface area contributed by atoms with Gasteiger partial charge in [0.2, 0.25) is 0 Å². The summed E-state index contributed by atoms with van der Waals surface area (Å²) in [6.07, 6.45) is 5.14. The summed E-state index contributed by atoms with van der Waals surface area (Å²) < 4.78 is 0. The van der Waals surface area contributed by atoms with Crippen LogP contribution in [-0.2, 0) is 4.79 Å². The highest BCUT2D eigenvalue weighted by Gasteiger charge is 2.41. The topological polar surface area (TPSA) is 40.5 Å². The first-order valence-corrected chi connectivity index (χ1v) is 8.28. The standard InChI is InChI=1S/C17H33NO2/c1-6-10-18(11-7-2)15-12-13(17(3,4)5)8-9-14(15)16(19)20/h13-15H,6-12H2,1-5H3,(H,19,20). The molecule has 1 saturated carbocycles. The number of hydrogen-bond donors (Lipinski definition) is 1. The van der Waals surface area contributed by atoms with E-state index in [4.69, 9.17) is 0 Å². The zero-order valence-corrected chi connectivity index (χ0v) is 14.0. The minimum Gasteiger partial charge on any atom is -0.481 e. The van der Waals surface area contributed by atoms with Crippen molar-refractivity contribution < 1.29 is 9.90 Å². The van der Waals surface area contributed by atoms with Crippen molar-refractivity contribution in [1.82, 2.24) is 4.90 Å². The van der Waals surface area contributed by atoms with Gasteiger partial charge in [0.05, 0.1) is 5.92 Å². The van der Waals surface area contributed by atoms with Crippen LogP contribution in [0.5, 0.6) is 0 Å². The van der Waals surface area contributed by atoms with Crippen molar-refractivity contribution in [1.29, 1.82) is 0 Å². The fourth-order valence-electron chi connectivity index (χ4n) is 3.64. The van der Waals surface area contributed by atoms with E-state index in [2.05, 4.69) is 39.5 Å². The van der Waals surface area contributed by atoms with Gasteiger partial charge < -0.3 is 5.11 Å². The Kier molecular flexibility index (Phi) is 6.50. The number of carboxylic acids is 1. The number of carbonyl (C=O) groups is 1. The van der Waals surface area contributed by atoms with E-state index in [1.54, 1.807) is 0 Å². The molecule has 0 heterocycles. The van der Waals surface area contributed by atoms with Crippen LogP contribution in [0.1, 0.15) is 66.7 Å². The Morgan fingerprint density at radius 1 is 1.15 bits per heavy atom. The fraction of sp³-hybridized carbons (Fsp3) is 0.941. The minimum atomic E-state index is -0.598. The van der Waals surface area contributed by atoms with Crippen molar-refractivity contribution in [3.63, 3.8) is 0 Å². The molecule has 3 atom stereocenters. The molecule has 0 saturated heterocycles. The van der Waals surface area contributed by atoms with Crippen LogP contribution in [0.15, 0.2) is 0 Å². The normalized spacial score (nSPS) is 27.8. The van der Waals surface area contributed by atoms with Gasteiger partial charge in [-0.2, -0.15) is 0 Å². The first-order chi connectivity index (χ1) is 9.31. The van der Waals surface area contributed by atoms with Crippen LogP contribution in [0.2, 0.25) is 0 Å². The van der Waals surface area contributed by atoms with Crippen molar-refractivity contribution in [3.05, 3.63) is 0 Å². The molecule has 0 aromatic carbocycles. The Morgan fingerprint density at radius 2 is 1.70 bits per heavy atom. The Bertz CT molecular complexity index is 303. The number of nitrogens with zero attached hydrogens (tertiary/aromatic N) is 1. The molecule has 0 aliphatic heterocycles. The van der Waals surface area contributed by atoms with Gasteiger partial charge in [-0.15, -0.1) is 0 Å². The summed E-state index contributed by atoms with van der Waals surface area (Å²) in [7, 11) is 0. The minimum absolute atomic E-state index is 0.174. The van der Waals surface area contributed by atoms with Gasteiger partial charge in [-0.05, 0) is 56.5 Å². The third kappa shape index (κ3) is 4.47. The van der Waals surface area contributed by atoms with E-state index in [0.29, 0.717) is 5.92 Å². The van der Waals surface area contributed by atoms with Crippen LogP contribution in [0.25, 0.3) is 0 Å². The SMILES string of the molecule is CCCN(CCC)C1CC(C(C)(C)C)CCC1C(=O)O. The summed E-state index contributed by atoms with van der Waals surface area (Å²) in [5.74, 6) is -0.134. The highest BCUT2D eigenvalue weighted by Crippen LogP contribution is 2.41. The number of hydrogen-bond acceptors (Lipinski definition) is 2. The van der Waals surface area contributed by atoms with Crippen LogP contribution in [0, 0.1) is 17.3 Å². The number of carboxylic acid groups (broad SMARTS) is 1. The number of rotatable bonds is 6. The second-order valence-electron chi connectivity index (χ2n) is 7.42. The monoisotopic (exact) mass is 283 g/mol. The molecule has 0 aromatic rings. The molecule has 1 fully saturated rings. The summed E-state index contributed by atoms with van der Waals surface area (Å²) in [6.45, 7) is 13.3. The molecule has 118 valence electrons. The molecule has 3 nitrogen and oxygen atoms in total. The first kappa shape index (κ1) is 17.5. The zero-order valence-electron chi connectivity index (χ0n) is 14.0. The Morgan fingerprint density at radius 3 is 2.10 bits per heavy atom. The van der Waals surface area contributed by atoms with Crippen molar-refractivity contribution in [2.75, 3.05) is 13.1 Å². The molecular formula is C17H33NO2. The van der Waals surface area contributed by atoms with Gasteiger partial charge in [-0.25, -0.2) is 0 Å². The van der Waals surface area contributed by atoms with E-state index in [1.165, 1.54) is 0 Å². The van der Waals surface area contributed by atoms with Crippen LogP contribution < -0.4 is 0 Å². The third-order valence-corrected chi connectivity index (χ3v) is 4.85. The lowest BCUT2D eigenvalue weighted by molar-refractivity contribution is -0.147. The Labute approximate surface area is 124 Å². The predicted molar refractivity (Wildman–Crippen MR) is 83.9 cm³/mol. The summed E-state index contributed by atoms with van der Waals surface area (Å²) >= 11 is 0. The van der Waals surface area contributed by atoms with Crippen LogP contribution in [-0.4, -0.2) is 35.1 Å². The molecule has 0 radical (unpaired) electrons. The molecule has 0 bridgehead atoms. The zero-order chi connectivity index (χ0) is 15.3. The average Bonchev–Trinajstić information content (AvgIpc) is 2.36. The van der Waals surface area contributed by atoms with Crippen LogP contribution in [0.3, 0.4) is 0 Å². The van der Waals surface area contributed by atoms with E-state index in [1.807, 2.05) is 0 Å². The van der Waals surface area contributed by atoms with E-state index < -0.39 is 5.97 Å². The van der Waals surface area contributed by atoms with Crippen LogP contribution >= 0.6 is 0 Å². The second kappa shape index (κ2) is 7.44.